The molecule has 0 saturated carbocycles. The van der Waals surface area contributed by atoms with Crippen LogP contribution >= 0.6 is 0 Å². The van der Waals surface area contributed by atoms with Gasteiger partial charge in [0.1, 0.15) is 18.2 Å². The summed E-state index contributed by atoms with van der Waals surface area (Å²) in [5.41, 5.74) is 1.16. The van der Waals surface area contributed by atoms with E-state index in [1.54, 1.807) is 6.20 Å². The third-order valence-corrected chi connectivity index (χ3v) is 3.06. The van der Waals surface area contributed by atoms with E-state index in [1.165, 1.54) is 0 Å². The molecule has 0 N–H and O–H groups in total. The number of benzene rings is 1. The van der Waals surface area contributed by atoms with Crippen molar-refractivity contribution in [3.8, 4) is 5.75 Å². The molecule has 0 aliphatic heterocycles. The Kier molecular flexibility index (Phi) is 4.78. The SMILES string of the molecule is CCN(CC)c1ccc(OCc2ccccc2)cn1. The van der Waals surface area contributed by atoms with Crippen LogP contribution in [0.2, 0.25) is 0 Å². The molecule has 1 aromatic carbocycles. The summed E-state index contributed by atoms with van der Waals surface area (Å²) in [6, 6.07) is 14.1. The summed E-state index contributed by atoms with van der Waals surface area (Å²) in [5, 5.41) is 0. The van der Waals surface area contributed by atoms with Crippen LogP contribution in [-0.4, -0.2) is 18.1 Å². The third-order valence-electron chi connectivity index (χ3n) is 3.06. The van der Waals surface area contributed by atoms with Crippen LogP contribution in [0.25, 0.3) is 0 Å². The molecule has 0 saturated heterocycles. The van der Waals surface area contributed by atoms with Crippen LogP contribution in [-0.2, 0) is 6.61 Å². The van der Waals surface area contributed by atoms with Crippen molar-refractivity contribution in [2.24, 2.45) is 0 Å². The molecule has 0 radical (unpaired) electrons. The quantitative estimate of drug-likeness (QED) is 0.791. The van der Waals surface area contributed by atoms with Crippen LogP contribution in [0.4, 0.5) is 5.82 Å². The van der Waals surface area contributed by atoms with E-state index < -0.39 is 0 Å². The second-order valence-corrected chi connectivity index (χ2v) is 4.30. The lowest BCUT2D eigenvalue weighted by Gasteiger charge is -2.19. The molecule has 0 amide bonds. The van der Waals surface area contributed by atoms with Crippen LogP contribution < -0.4 is 9.64 Å². The van der Waals surface area contributed by atoms with Crippen LogP contribution in [0.1, 0.15) is 19.4 Å². The van der Waals surface area contributed by atoms with Crippen molar-refractivity contribution >= 4 is 5.82 Å². The van der Waals surface area contributed by atoms with E-state index in [0.717, 1.165) is 30.2 Å². The second kappa shape index (κ2) is 6.78. The van der Waals surface area contributed by atoms with Crippen LogP contribution in [0.15, 0.2) is 48.7 Å². The zero-order chi connectivity index (χ0) is 13.5. The Labute approximate surface area is 114 Å². The van der Waals surface area contributed by atoms with Gasteiger partial charge in [-0.1, -0.05) is 30.3 Å². The predicted molar refractivity (Wildman–Crippen MR) is 78.6 cm³/mol. The molecule has 3 heteroatoms. The van der Waals surface area contributed by atoms with E-state index in [9.17, 15) is 0 Å². The smallest absolute Gasteiger partial charge is 0.138 e. The summed E-state index contributed by atoms with van der Waals surface area (Å²) in [5.74, 6) is 1.80. The lowest BCUT2D eigenvalue weighted by atomic mass is 10.2. The molecule has 0 fully saturated rings. The van der Waals surface area contributed by atoms with Crippen LogP contribution in [0.5, 0.6) is 5.75 Å². The summed E-state index contributed by atoms with van der Waals surface area (Å²) in [6.07, 6.45) is 1.79. The van der Waals surface area contributed by atoms with E-state index in [-0.39, 0.29) is 0 Å². The number of aromatic nitrogens is 1. The first kappa shape index (κ1) is 13.4. The first-order valence-corrected chi connectivity index (χ1v) is 6.71. The molecule has 100 valence electrons. The van der Waals surface area contributed by atoms with E-state index in [0.29, 0.717) is 6.61 Å². The minimum absolute atomic E-state index is 0.577. The molecule has 0 bridgehead atoms. The fourth-order valence-corrected chi connectivity index (χ4v) is 1.93. The van der Waals surface area contributed by atoms with Crippen molar-refractivity contribution < 1.29 is 4.74 Å². The number of anilines is 1. The normalized spacial score (nSPS) is 10.2. The van der Waals surface area contributed by atoms with E-state index in [1.807, 2.05) is 30.3 Å². The van der Waals surface area contributed by atoms with Crippen molar-refractivity contribution in [2.45, 2.75) is 20.5 Å². The average molecular weight is 256 g/mol. The molecule has 0 aliphatic rings. The van der Waals surface area contributed by atoms with Gasteiger partial charge in [0.2, 0.25) is 0 Å². The van der Waals surface area contributed by atoms with Gasteiger partial charge < -0.3 is 9.64 Å². The summed E-state index contributed by atoms with van der Waals surface area (Å²) < 4.78 is 5.71. The molecule has 1 heterocycles. The van der Waals surface area contributed by atoms with Crippen molar-refractivity contribution in [3.63, 3.8) is 0 Å². The van der Waals surface area contributed by atoms with Gasteiger partial charge in [0.15, 0.2) is 0 Å². The summed E-state index contributed by atoms with van der Waals surface area (Å²) in [4.78, 5) is 6.64. The standard InChI is InChI=1S/C16H20N2O/c1-3-18(4-2)16-11-10-15(12-17-16)19-13-14-8-6-5-7-9-14/h5-12H,3-4,13H2,1-2H3. The van der Waals surface area contributed by atoms with Gasteiger partial charge in [-0.15, -0.1) is 0 Å². The largest absolute Gasteiger partial charge is 0.487 e. The molecule has 0 spiro atoms. The maximum Gasteiger partial charge on any atom is 0.138 e. The molecule has 2 rings (SSSR count). The molecular formula is C16H20N2O. The highest BCUT2D eigenvalue weighted by Gasteiger charge is 2.03. The first-order valence-electron chi connectivity index (χ1n) is 6.71. The second-order valence-electron chi connectivity index (χ2n) is 4.30. The van der Waals surface area contributed by atoms with Gasteiger partial charge in [-0.3, -0.25) is 0 Å². The molecule has 2 aromatic rings. The van der Waals surface area contributed by atoms with Gasteiger partial charge in [-0.2, -0.15) is 0 Å². The molecule has 0 aliphatic carbocycles. The number of pyridine rings is 1. The van der Waals surface area contributed by atoms with Gasteiger partial charge in [0, 0.05) is 13.1 Å². The highest BCUT2D eigenvalue weighted by molar-refractivity contribution is 5.40. The summed E-state index contributed by atoms with van der Waals surface area (Å²) >= 11 is 0. The van der Waals surface area contributed by atoms with Gasteiger partial charge in [0.05, 0.1) is 6.20 Å². The number of ether oxygens (including phenoxy) is 1. The average Bonchev–Trinajstić information content (AvgIpc) is 2.49. The Morgan fingerprint density at radius 1 is 1.00 bits per heavy atom. The number of hydrogen-bond acceptors (Lipinski definition) is 3. The number of hydrogen-bond donors (Lipinski definition) is 0. The van der Waals surface area contributed by atoms with Crippen LogP contribution in [0, 0.1) is 0 Å². The molecule has 19 heavy (non-hydrogen) atoms. The first-order chi connectivity index (χ1) is 9.33. The zero-order valence-corrected chi connectivity index (χ0v) is 11.5. The lowest BCUT2D eigenvalue weighted by Crippen LogP contribution is -2.22. The van der Waals surface area contributed by atoms with Gasteiger partial charge in [0.25, 0.3) is 0 Å². The minimum atomic E-state index is 0.577. The Bertz CT molecular complexity index is 478. The van der Waals surface area contributed by atoms with Crippen LogP contribution in [0.3, 0.4) is 0 Å². The maximum atomic E-state index is 5.71. The van der Waals surface area contributed by atoms with Crippen molar-refractivity contribution in [1.82, 2.24) is 4.98 Å². The minimum Gasteiger partial charge on any atom is -0.487 e. The van der Waals surface area contributed by atoms with Gasteiger partial charge >= 0.3 is 0 Å². The Morgan fingerprint density at radius 2 is 1.74 bits per heavy atom. The zero-order valence-electron chi connectivity index (χ0n) is 11.5. The predicted octanol–water partition coefficient (Wildman–Crippen LogP) is 3.51. The third kappa shape index (κ3) is 3.71. The maximum absolute atomic E-state index is 5.71. The highest BCUT2D eigenvalue weighted by Crippen LogP contribution is 2.16. The Hall–Kier alpha value is -2.03. The summed E-state index contributed by atoms with van der Waals surface area (Å²) in [7, 11) is 0. The van der Waals surface area contributed by atoms with E-state index in [2.05, 4.69) is 35.9 Å². The fourth-order valence-electron chi connectivity index (χ4n) is 1.93. The van der Waals surface area contributed by atoms with Crippen molar-refractivity contribution in [1.29, 1.82) is 0 Å². The molecule has 1 aromatic heterocycles. The number of rotatable bonds is 6. The molecular weight excluding hydrogens is 236 g/mol. The van der Waals surface area contributed by atoms with Gasteiger partial charge in [-0.25, -0.2) is 4.98 Å². The van der Waals surface area contributed by atoms with Crippen molar-refractivity contribution in [3.05, 3.63) is 54.2 Å². The van der Waals surface area contributed by atoms with Gasteiger partial charge in [-0.05, 0) is 31.5 Å². The fraction of sp³-hybridized carbons (Fsp3) is 0.312. The highest BCUT2D eigenvalue weighted by atomic mass is 16.5. The topological polar surface area (TPSA) is 25.4 Å². The molecule has 0 unspecified atom stereocenters. The monoisotopic (exact) mass is 256 g/mol. The molecule has 3 nitrogen and oxygen atoms in total. The van der Waals surface area contributed by atoms with Crippen molar-refractivity contribution in [2.75, 3.05) is 18.0 Å². The Balaban J connectivity index is 1.95. The Morgan fingerprint density at radius 3 is 2.32 bits per heavy atom. The van der Waals surface area contributed by atoms with E-state index >= 15 is 0 Å². The lowest BCUT2D eigenvalue weighted by molar-refractivity contribution is 0.305. The summed E-state index contributed by atoms with van der Waals surface area (Å²) in [6.45, 7) is 6.77. The van der Waals surface area contributed by atoms with E-state index in [4.69, 9.17) is 4.74 Å². The number of nitrogens with zero attached hydrogens (tertiary/aromatic N) is 2. The molecule has 0 atom stereocenters.